The van der Waals surface area contributed by atoms with Crippen LogP contribution in [0.5, 0.6) is 0 Å². The van der Waals surface area contributed by atoms with Crippen molar-refractivity contribution < 1.29 is 14.4 Å². The maximum absolute atomic E-state index is 13.2. The van der Waals surface area contributed by atoms with Gasteiger partial charge in [-0.15, -0.1) is 0 Å². The van der Waals surface area contributed by atoms with Gasteiger partial charge in [-0.1, -0.05) is 27.2 Å². The largest absolute Gasteiger partial charge is 0.364 e. The molecule has 2 saturated heterocycles. The number of aromatic amines is 1. The van der Waals surface area contributed by atoms with Gasteiger partial charge in [-0.2, -0.15) is 21.4 Å². The molecule has 0 aliphatic carbocycles. The van der Waals surface area contributed by atoms with Gasteiger partial charge < -0.3 is 31.6 Å². The molecule has 4 amide bonds. The molecule has 2 fully saturated rings. The molecule has 12 heteroatoms. The van der Waals surface area contributed by atoms with Crippen LogP contribution in [0.3, 0.4) is 0 Å². The van der Waals surface area contributed by atoms with E-state index in [0.717, 1.165) is 36.5 Å². The minimum absolute atomic E-state index is 0.0390. The Morgan fingerprint density at radius 3 is 2.38 bits per heavy atom. The molecule has 1 aromatic carbocycles. The summed E-state index contributed by atoms with van der Waals surface area (Å²) in [6, 6.07) is 7.46. The molecular weight excluding hydrogens is 552 g/mol. The number of nitrogens with one attached hydrogen (secondary N) is 6. The summed E-state index contributed by atoms with van der Waals surface area (Å²) in [6.07, 6.45) is 4.71. The van der Waals surface area contributed by atoms with E-state index in [2.05, 4.69) is 78.2 Å². The average Bonchev–Trinajstić information content (AvgIpc) is 3.64. The second-order valence-corrected chi connectivity index (χ2v) is 14.5. The van der Waals surface area contributed by atoms with Crippen LogP contribution in [-0.4, -0.2) is 61.1 Å². The average molecular weight is 595 g/mol. The van der Waals surface area contributed by atoms with Crippen LogP contribution < -0.4 is 26.6 Å². The van der Waals surface area contributed by atoms with Crippen molar-refractivity contribution in [2.24, 2.45) is 0 Å². The highest BCUT2D eigenvalue weighted by atomic mass is 32.2. The number of thioether (sulfide) groups is 1. The number of nitrogens with zero attached hydrogens (tertiary/aromatic N) is 2. The Hall–Kier alpha value is -3.67. The SMILES string of the molecule is CC(C)(C)Nc1c(C(C)(C)C)[nH]c2c(C(=O)Nc3ccc(NC(=O)CCCC[C@@H]4SC[C@@H]5NC(=O)N[C@@H]54)cc3)cnn12. The van der Waals surface area contributed by atoms with Crippen molar-refractivity contribution in [2.75, 3.05) is 21.7 Å². The van der Waals surface area contributed by atoms with Crippen LogP contribution in [0.4, 0.5) is 22.0 Å². The molecule has 226 valence electrons. The third-order valence-corrected chi connectivity index (χ3v) is 8.97. The molecule has 0 spiro atoms. The Kier molecular flexibility index (Phi) is 8.19. The topological polar surface area (TPSA) is 144 Å². The smallest absolute Gasteiger partial charge is 0.315 e. The number of unbranched alkanes of at least 4 members (excludes halogenated alkanes) is 1. The molecule has 0 saturated carbocycles. The van der Waals surface area contributed by atoms with Crippen molar-refractivity contribution in [2.45, 2.75) is 95.5 Å². The minimum atomic E-state index is -0.273. The lowest BCUT2D eigenvalue weighted by atomic mass is 9.91. The van der Waals surface area contributed by atoms with Gasteiger partial charge in [0.1, 0.15) is 17.0 Å². The van der Waals surface area contributed by atoms with Crippen molar-refractivity contribution in [3.8, 4) is 0 Å². The molecule has 42 heavy (non-hydrogen) atoms. The number of imidazole rings is 1. The van der Waals surface area contributed by atoms with E-state index in [-0.39, 0.29) is 40.9 Å². The summed E-state index contributed by atoms with van der Waals surface area (Å²) in [5, 5.41) is 20.3. The number of aromatic nitrogens is 3. The summed E-state index contributed by atoms with van der Waals surface area (Å²) in [4.78, 5) is 40.7. The lowest BCUT2D eigenvalue weighted by Crippen LogP contribution is -2.36. The predicted octanol–water partition coefficient (Wildman–Crippen LogP) is 5.09. The van der Waals surface area contributed by atoms with E-state index in [1.165, 1.54) is 0 Å². The van der Waals surface area contributed by atoms with Crippen molar-refractivity contribution >= 4 is 52.4 Å². The van der Waals surface area contributed by atoms with E-state index in [1.54, 1.807) is 35.0 Å². The molecule has 2 aliphatic rings. The van der Waals surface area contributed by atoms with Crippen molar-refractivity contribution in [3.63, 3.8) is 0 Å². The van der Waals surface area contributed by atoms with Gasteiger partial charge in [-0.25, -0.2) is 4.79 Å². The van der Waals surface area contributed by atoms with Crippen molar-refractivity contribution in [1.82, 2.24) is 25.2 Å². The first-order chi connectivity index (χ1) is 19.8. The molecule has 11 nitrogen and oxygen atoms in total. The van der Waals surface area contributed by atoms with Gasteiger partial charge in [0.05, 0.1) is 24.0 Å². The first kappa shape index (κ1) is 29.8. The number of hydrogen-bond acceptors (Lipinski definition) is 6. The van der Waals surface area contributed by atoms with Crippen LogP contribution >= 0.6 is 11.8 Å². The van der Waals surface area contributed by atoms with Gasteiger partial charge in [0.2, 0.25) is 5.91 Å². The third kappa shape index (κ3) is 6.69. The quantitative estimate of drug-likeness (QED) is 0.150. The van der Waals surface area contributed by atoms with Crippen LogP contribution in [0.1, 0.15) is 83.3 Å². The van der Waals surface area contributed by atoms with Crippen LogP contribution in [-0.2, 0) is 10.2 Å². The minimum Gasteiger partial charge on any atom is -0.364 e. The van der Waals surface area contributed by atoms with E-state index in [1.807, 2.05) is 11.8 Å². The van der Waals surface area contributed by atoms with Crippen LogP contribution in [0.15, 0.2) is 30.5 Å². The number of fused-ring (bicyclic) bond motifs is 2. The number of urea groups is 1. The fourth-order valence-electron chi connectivity index (χ4n) is 5.43. The zero-order valence-corrected chi connectivity index (χ0v) is 26.0. The Bertz CT molecular complexity index is 1460. The fraction of sp³-hybridized carbons (Fsp3) is 0.533. The number of benzene rings is 1. The summed E-state index contributed by atoms with van der Waals surface area (Å²) in [5.74, 6) is 1.47. The third-order valence-electron chi connectivity index (χ3n) is 7.46. The summed E-state index contributed by atoms with van der Waals surface area (Å²) >= 11 is 1.89. The van der Waals surface area contributed by atoms with Gasteiger partial charge >= 0.3 is 6.03 Å². The molecule has 5 rings (SSSR count). The first-order valence-corrected chi connectivity index (χ1v) is 15.6. The summed E-state index contributed by atoms with van der Waals surface area (Å²) in [6.45, 7) is 12.6. The van der Waals surface area contributed by atoms with Gasteiger partial charge in [0.15, 0.2) is 0 Å². The van der Waals surface area contributed by atoms with Crippen LogP contribution in [0.2, 0.25) is 0 Å². The van der Waals surface area contributed by atoms with Gasteiger partial charge in [-0.3, -0.25) is 9.59 Å². The predicted molar refractivity (Wildman–Crippen MR) is 169 cm³/mol. The molecule has 0 bridgehead atoms. The maximum atomic E-state index is 13.2. The second-order valence-electron chi connectivity index (χ2n) is 13.2. The van der Waals surface area contributed by atoms with E-state index >= 15 is 0 Å². The number of carbonyl (C=O) groups excluding carboxylic acids is 3. The molecular formula is C30H42N8O3S. The normalized spacial score (nSPS) is 20.2. The van der Waals surface area contributed by atoms with Crippen LogP contribution in [0, 0.1) is 0 Å². The Balaban J connectivity index is 1.13. The highest BCUT2D eigenvalue weighted by molar-refractivity contribution is 8.00. The summed E-state index contributed by atoms with van der Waals surface area (Å²) in [7, 11) is 0. The Morgan fingerprint density at radius 2 is 1.71 bits per heavy atom. The molecule has 3 atom stereocenters. The molecule has 2 aliphatic heterocycles. The standard InChI is InChI=1S/C30H42N8O3S/c1-29(2,3)24-26(37-30(4,5)6)38-25(36-24)19(15-31-38)27(40)33-18-13-11-17(12-14-18)32-22(39)10-8-7-9-21-23-20(16-42-21)34-28(41)35-23/h11-15,20-21,23,36-37H,7-10,16H2,1-6H3,(H,32,39)(H,33,40)(H2,34,35,41)/t20-,21-,23-/m0/s1. The van der Waals surface area contributed by atoms with E-state index in [0.29, 0.717) is 34.3 Å². The molecule has 4 heterocycles. The number of H-pyrrole nitrogens is 1. The molecule has 0 radical (unpaired) electrons. The zero-order valence-electron chi connectivity index (χ0n) is 25.2. The number of anilines is 3. The van der Waals surface area contributed by atoms with E-state index < -0.39 is 0 Å². The summed E-state index contributed by atoms with van der Waals surface area (Å²) < 4.78 is 1.76. The van der Waals surface area contributed by atoms with Crippen LogP contribution in [0.25, 0.3) is 5.65 Å². The highest BCUT2D eigenvalue weighted by Crippen LogP contribution is 2.34. The van der Waals surface area contributed by atoms with Crippen molar-refractivity contribution in [3.05, 3.63) is 41.7 Å². The second kappa shape index (κ2) is 11.5. The first-order valence-electron chi connectivity index (χ1n) is 14.6. The molecule has 6 N–H and O–H groups in total. The molecule has 0 unspecified atom stereocenters. The molecule has 2 aromatic heterocycles. The Labute approximate surface area is 250 Å². The summed E-state index contributed by atoms with van der Waals surface area (Å²) in [5.41, 5.74) is 2.97. The number of amides is 4. The Morgan fingerprint density at radius 1 is 1.02 bits per heavy atom. The maximum Gasteiger partial charge on any atom is 0.315 e. The fourth-order valence-corrected chi connectivity index (χ4v) is 6.98. The zero-order chi connectivity index (χ0) is 30.2. The van der Waals surface area contributed by atoms with E-state index in [9.17, 15) is 14.4 Å². The monoisotopic (exact) mass is 594 g/mol. The van der Waals surface area contributed by atoms with Crippen molar-refractivity contribution in [1.29, 1.82) is 0 Å². The number of hydrogen-bond donors (Lipinski definition) is 6. The lowest BCUT2D eigenvalue weighted by molar-refractivity contribution is -0.116. The molecule has 3 aromatic rings. The van der Waals surface area contributed by atoms with E-state index in [4.69, 9.17) is 0 Å². The van der Waals surface area contributed by atoms with Gasteiger partial charge in [-0.05, 0) is 57.9 Å². The number of carbonyl (C=O) groups is 3. The van der Waals surface area contributed by atoms with Gasteiger partial charge in [0.25, 0.3) is 5.91 Å². The lowest BCUT2D eigenvalue weighted by Gasteiger charge is -2.25. The number of rotatable bonds is 9. The van der Waals surface area contributed by atoms with Gasteiger partial charge in [0, 0.05) is 39.8 Å². The highest BCUT2D eigenvalue weighted by Gasteiger charge is 2.42.